The van der Waals surface area contributed by atoms with Gasteiger partial charge in [0.05, 0.1) is 39.6 Å². The first-order valence-corrected chi connectivity index (χ1v) is 7.05. The number of aliphatic hydroxyl groups excluding tert-OH is 4. The smallest absolute Gasteiger partial charge is 0.157 e. The molecule has 0 aliphatic carbocycles. The molecule has 0 radical (unpaired) electrons. The Bertz CT molecular complexity index is 216. The van der Waals surface area contributed by atoms with Gasteiger partial charge in [-0.05, 0) is 6.42 Å². The number of aliphatic hydroxyl groups is 4. The van der Waals surface area contributed by atoms with Crippen LogP contribution >= 0.6 is 0 Å². The fraction of sp³-hybridized carbons (Fsp3) is 1.00. The fourth-order valence-electron chi connectivity index (χ4n) is 1.32. The van der Waals surface area contributed by atoms with E-state index < -0.39 is 17.1 Å². The molecule has 6 nitrogen and oxygen atoms in total. The molecule has 0 spiro atoms. The van der Waals surface area contributed by atoms with Crippen LogP contribution in [-0.4, -0.2) is 66.4 Å². The summed E-state index contributed by atoms with van der Waals surface area (Å²) in [6.45, 7) is 5.11. The molecular weight excluding hydrogens is 264 g/mol. The van der Waals surface area contributed by atoms with E-state index in [4.69, 9.17) is 9.47 Å². The minimum absolute atomic E-state index is 0.173. The van der Waals surface area contributed by atoms with E-state index in [0.717, 1.165) is 6.42 Å². The van der Waals surface area contributed by atoms with Crippen LogP contribution in [0.2, 0.25) is 0 Å². The van der Waals surface area contributed by atoms with Gasteiger partial charge >= 0.3 is 0 Å². The van der Waals surface area contributed by atoms with Crippen molar-refractivity contribution in [3.8, 4) is 0 Å². The summed E-state index contributed by atoms with van der Waals surface area (Å²) < 4.78 is 11.2. The predicted octanol–water partition coefficient (Wildman–Crippen LogP) is 0.128. The number of rotatable bonds is 12. The molecule has 4 N–H and O–H groups in total. The lowest BCUT2D eigenvalue weighted by Gasteiger charge is -2.30. The average Bonchev–Trinajstić information content (AvgIpc) is 2.49. The quantitative estimate of drug-likeness (QED) is 0.382. The lowest BCUT2D eigenvalue weighted by atomic mass is 9.94. The Labute approximate surface area is 121 Å². The van der Waals surface area contributed by atoms with Crippen molar-refractivity contribution in [3.63, 3.8) is 0 Å². The van der Waals surface area contributed by atoms with Crippen LogP contribution in [-0.2, 0) is 9.47 Å². The van der Waals surface area contributed by atoms with Gasteiger partial charge in [-0.3, -0.25) is 0 Å². The molecule has 6 heteroatoms. The Morgan fingerprint density at radius 2 is 1.15 bits per heavy atom. The zero-order valence-electron chi connectivity index (χ0n) is 12.8. The van der Waals surface area contributed by atoms with Gasteiger partial charge in [-0.25, -0.2) is 0 Å². The summed E-state index contributed by atoms with van der Waals surface area (Å²) in [5.41, 5.74) is -1.40. The molecule has 0 aromatic heterocycles. The molecule has 0 heterocycles. The molecule has 0 fully saturated rings. The normalized spacial score (nSPS) is 13.2. The Hall–Kier alpha value is -0.240. The zero-order chi connectivity index (χ0) is 15.6. The van der Waals surface area contributed by atoms with E-state index in [0.29, 0.717) is 6.42 Å². The minimum Gasteiger partial charge on any atom is -0.396 e. The van der Waals surface area contributed by atoms with Crippen LogP contribution in [0.4, 0.5) is 0 Å². The molecule has 20 heavy (non-hydrogen) atoms. The Kier molecular flexibility index (Phi) is 9.54. The van der Waals surface area contributed by atoms with Crippen molar-refractivity contribution in [2.75, 3.05) is 39.6 Å². The average molecular weight is 294 g/mol. The maximum atomic E-state index is 9.22. The summed E-state index contributed by atoms with van der Waals surface area (Å²) in [4.78, 5) is 0. The fourth-order valence-corrected chi connectivity index (χ4v) is 1.32. The van der Waals surface area contributed by atoms with E-state index in [-0.39, 0.29) is 39.6 Å². The van der Waals surface area contributed by atoms with Crippen LogP contribution in [0.5, 0.6) is 0 Å². The molecule has 0 aliphatic heterocycles. The predicted molar refractivity (Wildman–Crippen MR) is 75.2 cm³/mol. The third kappa shape index (κ3) is 6.97. The van der Waals surface area contributed by atoms with E-state index in [1.165, 1.54) is 0 Å². The number of hydrogen-bond donors (Lipinski definition) is 4. The zero-order valence-corrected chi connectivity index (χ0v) is 12.8. The van der Waals surface area contributed by atoms with Gasteiger partial charge in [0, 0.05) is 10.8 Å². The second-order valence-electron chi connectivity index (χ2n) is 6.09. The van der Waals surface area contributed by atoms with Gasteiger partial charge in [-0.2, -0.15) is 0 Å². The van der Waals surface area contributed by atoms with Gasteiger partial charge in [0.15, 0.2) is 6.29 Å². The second-order valence-corrected chi connectivity index (χ2v) is 6.09. The lowest BCUT2D eigenvalue weighted by Crippen LogP contribution is -2.37. The third-order valence-electron chi connectivity index (χ3n) is 3.29. The summed E-state index contributed by atoms with van der Waals surface area (Å²) in [7, 11) is 0. The van der Waals surface area contributed by atoms with Gasteiger partial charge in [0.25, 0.3) is 0 Å². The van der Waals surface area contributed by atoms with Gasteiger partial charge in [-0.1, -0.05) is 27.2 Å². The minimum atomic E-state index is -0.702. The third-order valence-corrected chi connectivity index (χ3v) is 3.29. The molecule has 0 atom stereocenters. The molecular formula is C14H30O6. The Morgan fingerprint density at radius 1 is 0.800 bits per heavy atom. The summed E-state index contributed by atoms with van der Waals surface area (Å²) >= 11 is 0. The van der Waals surface area contributed by atoms with E-state index in [9.17, 15) is 20.4 Å². The van der Waals surface area contributed by atoms with Crippen LogP contribution in [0, 0.1) is 10.8 Å². The highest BCUT2D eigenvalue weighted by Gasteiger charge is 2.27. The first kappa shape index (κ1) is 19.8. The van der Waals surface area contributed by atoms with E-state index in [1.54, 1.807) is 13.8 Å². The van der Waals surface area contributed by atoms with Crippen LogP contribution in [0.3, 0.4) is 0 Å². The summed E-state index contributed by atoms with van der Waals surface area (Å²) in [5, 5.41) is 36.9. The second kappa shape index (κ2) is 9.65. The molecule has 0 bridgehead atoms. The maximum Gasteiger partial charge on any atom is 0.157 e. The molecule has 0 amide bonds. The maximum absolute atomic E-state index is 9.22. The van der Waals surface area contributed by atoms with E-state index >= 15 is 0 Å². The standard InChI is InChI=1S/C14H30O6/c1-4-5-12(19-10-13(2,6-15)7-16)20-11-14(3,8-17)9-18/h12,15-18H,4-11H2,1-3H3. The van der Waals surface area contributed by atoms with Crippen LogP contribution in [0.15, 0.2) is 0 Å². The summed E-state index contributed by atoms with van der Waals surface area (Å²) in [5.74, 6) is 0. The first-order valence-electron chi connectivity index (χ1n) is 7.05. The SMILES string of the molecule is CCCC(OCC(C)(CO)CO)OCC(C)(CO)CO. The summed E-state index contributed by atoms with van der Waals surface area (Å²) in [6.07, 6.45) is 1.05. The first-order chi connectivity index (χ1) is 9.38. The monoisotopic (exact) mass is 294 g/mol. The van der Waals surface area contributed by atoms with Crippen LogP contribution in [0.25, 0.3) is 0 Å². The number of ether oxygens (including phenoxy) is 2. The van der Waals surface area contributed by atoms with Crippen molar-refractivity contribution in [1.29, 1.82) is 0 Å². The highest BCUT2D eigenvalue weighted by molar-refractivity contribution is 4.73. The molecule has 0 aliphatic rings. The van der Waals surface area contributed by atoms with Crippen molar-refractivity contribution >= 4 is 0 Å². The highest BCUT2D eigenvalue weighted by atomic mass is 16.7. The largest absolute Gasteiger partial charge is 0.396 e. The lowest BCUT2D eigenvalue weighted by molar-refractivity contribution is -0.189. The van der Waals surface area contributed by atoms with Crippen molar-refractivity contribution in [1.82, 2.24) is 0 Å². The van der Waals surface area contributed by atoms with Crippen LogP contribution < -0.4 is 0 Å². The van der Waals surface area contributed by atoms with Crippen molar-refractivity contribution in [2.45, 2.75) is 39.9 Å². The van der Waals surface area contributed by atoms with Crippen molar-refractivity contribution < 1.29 is 29.9 Å². The molecule has 0 saturated heterocycles. The molecule has 0 aromatic carbocycles. The Balaban J connectivity index is 4.36. The molecule has 0 unspecified atom stereocenters. The molecule has 0 rings (SSSR count). The molecule has 0 aromatic rings. The molecule has 0 saturated carbocycles. The van der Waals surface area contributed by atoms with Gasteiger partial charge in [0.2, 0.25) is 0 Å². The van der Waals surface area contributed by atoms with Gasteiger partial charge in [-0.15, -0.1) is 0 Å². The Morgan fingerprint density at radius 3 is 1.40 bits per heavy atom. The van der Waals surface area contributed by atoms with E-state index in [2.05, 4.69) is 0 Å². The summed E-state index contributed by atoms with van der Waals surface area (Å²) in [6, 6.07) is 0. The number of hydrogen-bond acceptors (Lipinski definition) is 6. The topological polar surface area (TPSA) is 99.4 Å². The van der Waals surface area contributed by atoms with Crippen LogP contribution in [0.1, 0.15) is 33.6 Å². The highest BCUT2D eigenvalue weighted by Crippen LogP contribution is 2.20. The van der Waals surface area contributed by atoms with Gasteiger partial charge < -0.3 is 29.9 Å². The van der Waals surface area contributed by atoms with E-state index in [1.807, 2.05) is 6.92 Å². The van der Waals surface area contributed by atoms with Gasteiger partial charge in [0.1, 0.15) is 0 Å². The molecule has 122 valence electrons. The van der Waals surface area contributed by atoms with Crippen molar-refractivity contribution in [3.05, 3.63) is 0 Å². The van der Waals surface area contributed by atoms with Crippen molar-refractivity contribution in [2.24, 2.45) is 10.8 Å².